The van der Waals surface area contributed by atoms with E-state index in [0.717, 1.165) is 24.0 Å². The molecule has 0 N–H and O–H groups in total. The standard InChI is InChI=1S/C36H50O8/c1-33(2,3)29(37)41-25-19-17-23(21-27(25)43-31(39)35(7,8)9)15-13-14-16-24-18-20-26(42-30(38)34(4,5)6)28(22-24)44-32(40)36(10,11)12/h17-22H,13-16H2,1-12H3. The predicted molar refractivity (Wildman–Crippen MR) is 170 cm³/mol. The molecule has 0 bridgehead atoms. The number of esters is 4. The number of unbranched alkanes of at least 4 members (excludes halogenated alkanes) is 1. The van der Waals surface area contributed by atoms with Gasteiger partial charge in [0.2, 0.25) is 0 Å². The largest absolute Gasteiger partial charge is 0.422 e. The number of ether oxygens (including phenoxy) is 4. The fourth-order valence-electron chi connectivity index (χ4n) is 3.41. The molecule has 0 aliphatic rings. The Bertz CT molecular complexity index is 1250. The highest BCUT2D eigenvalue weighted by atomic mass is 16.6. The van der Waals surface area contributed by atoms with Crippen molar-refractivity contribution in [3.05, 3.63) is 47.5 Å². The Morgan fingerprint density at radius 1 is 0.432 bits per heavy atom. The number of benzene rings is 2. The van der Waals surface area contributed by atoms with Gasteiger partial charge >= 0.3 is 23.9 Å². The molecule has 242 valence electrons. The highest BCUT2D eigenvalue weighted by Crippen LogP contribution is 2.35. The van der Waals surface area contributed by atoms with Gasteiger partial charge in [-0.15, -0.1) is 0 Å². The van der Waals surface area contributed by atoms with Crippen LogP contribution in [0.15, 0.2) is 36.4 Å². The van der Waals surface area contributed by atoms with Crippen LogP contribution in [0, 0.1) is 21.7 Å². The molecule has 0 saturated carbocycles. The summed E-state index contributed by atoms with van der Waals surface area (Å²) >= 11 is 0. The third kappa shape index (κ3) is 11.1. The summed E-state index contributed by atoms with van der Waals surface area (Å²) in [6.07, 6.45) is 3.01. The minimum absolute atomic E-state index is 0.204. The lowest BCUT2D eigenvalue weighted by molar-refractivity contribution is -0.145. The van der Waals surface area contributed by atoms with Crippen LogP contribution in [0.5, 0.6) is 23.0 Å². The number of aryl methyl sites for hydroxylation is 2. The third-order valence-electron chi connectivity index (χ3n) is 6.46. The van der Waals surface area contributed by atoms with Crippen molar-refractivity contribution in [1.82, 2.24) is 0 Å². The molecule has 0 spiro atoms. The van der Waals surface area contributed by atoms with E-state index < -0.39 is 45.5 Å². The SMILES string of the molecule is CC(C)(C)C(=O)Oc1ccc(CCCCc2ccc(OC(=O)C(C)(C)C)c(OC(=O)C(C)(C)C)c2)cc1OC(=O)C(C)(C)C. The Labute approximate surface area is 262 Å². The van der Waals surface area contributed by atoms with E-state index in [-0.39, 0.29) is 23.0 Å². The predicted octanol–water partition coefficient (Wildman–Crippen LogP) is 8.06. The first-order chi connectivity index (χ1) is 20.0. The zero-order valence-electron chi connectivity index (χ0n) is 28.6. The van der Waals surface area contributed by atoms with Crippen LogP contribution in [0.3, 0.4) is 0 Å². The van der Waals surface area contributed by atoms with Crippen LogP contribution in [0.2, 0.25) is 0 Å². The molecule has 0 amide bonds. The van der Waals surface area contributed by atoms with Gasteiger partial charge in [-0.1, -0.05) is 12.1 Å². The monoisotopic (exact) mass is 610 g/mol. The highest BCUT2D eigenvalue weighted by molar-refractivity contribution is 5.82. The molecule has 0 radical (unpaired) electrons. The lowest BCUT2D eigenvalue weighted by Crippen LogP contribution is -2.28. The Morgan fingerprint density at radius 3 is 0.932 bits per heavy atom. The van der Waals surface area contributed by atoms with Crippen molar-refractivity contribution < 1.29 is 38.1 Å². The molecule has 0 unspecified atom stereocenters. The Morgan fingerprint density at radius 2 is 0.682 bits per heavy atom. The van der Waals surface area contributed by atoms with Crippen LogP contribution in [-0.2, 0) is 32.0 Å². The van der Waals surface area contributed by atoms with Gasteiger partial charge in [-0.25, -0.2) is 0 Å². The van der Waals surface area contributed by atoms with Crippen LogP contribution in [-0.4, -0.2) is 23.9 Å². The Hall–Kier alpha value is -3.68. The normalized spacial score (nSPS) is 12.4. The van der Waals surface area contributed by atoms with Gasteiger partial charge in [-0.2, -0.15) is 0 Å². The molecule has 0 atom stereocenters. The van der Waals surface area contributed by atoms with Crippen molar-refractivity contribution in [2.24, 2.45) is 21.7 Å². The maximum Gasteiger partial charge on any atom is 0.316 e. The third-order valence-corrected chi connectivity index (χ3v) is 6.46. The summed E-state index contributed by atoms with van der Waals surface area (Å²) in [4.78, 5) is 50.4. The smallest absolute Gasteiger partial charge is 0.316 e. The van der Waals surface area contributed by atoms with E-state index in [1.165, 1.54) is 0 Å². The molecule has 2 aromatic carbocycles. The van der Waals surface area contributed by atoms with E-state index in [0.29, 0.717) is 12.8 Å². The van der Waals surface area contributed by atoms with E-state index in [1.54, 1.807) is 107 Å². The average molecular weight is 611 g/mol. The zero-order chi connectivity index (χ0) is 33.7. The maximum absolute atomic E-state index is 12.7. The Kier molecular flexibility index (Phi) is 11.6. The second-order valence-corrected chi connectivity index (χ2v) is 15.3. The van der Waals surface area contributed by atoms with Crippen LogP contribution in [0.25, 0.3) is 0 Å². The molecule has 8 nitrogen and oxygen atoms in total. The lowest BCUT2D eigenvalue weighted by Gasteiger charge is -2.21. The molecule has 2 rings (SSSR count). The summed E-state index contributed by atoms with van der Waals surface area (Å²) < 4.78 is 22.5. The molecule has 8 heteroatoms. The van der Waals surface area contributed by atoms with Crippen molar-refractivity contribution in [3.8, 4) is 23.0 Å². The summed E-state index contributed by atoms with van der Waals surface area (Å²) in [6, 6.07) is 10.5. The fourth-order valence-corrected chi connectivity index (χ4v) is 3.41. The van der Waals surface area contributed by atoms with E-state index in [4.69, 9.17) is 18.9 Å². The van der Waals surface area contributed by atoms with E-state index in [9.17, 15) is 19.2 Å². The number of carbonyl (C=O) groups excluding carboxylic acids is 4. The molecule has 0 aliphatic heterocycles. The number of hydrogen-bond acceptors (Lipinski definition) is 8. The van der Waals surface area contributed by atoms with Gasteiger partial charge in [0, 0.05) is 0 Å². The molecule has 44 heavy (non-hydrogen) atoms. The molecule has 0 heterocycles. The molecule has 0 aromatic heterocycles. The topological polar surface area (TPSA) is 105 Å². The highest BCUT2D eigenvalue weighted by Gasteiger charge is 2.30. The number of rotatable bonds is 9. The quantitative estimate of drug-likeness (QED) is 0.159. The van der Waals surface area contributed by atoms with Gasteiger partial charge in [0.1, 0.15) is 0 Å². The molecule has 0 fully saturated rings. The van der Waals surface area contributed by atoms with Crippen LogP contribution < -0.4 is 18.9 Å². The molecular formula is C36H50O8. The zero-order valence-corrected chi connectivity index (χ0v) is 28.6. The van der Waals surface area contributed by atoms with Gasteiger partial charge in [0.05, 0.1) is 21.7 Å². The summed E-state index contributed by atoms with van der Waals surface area (Å²) in [6.45, 7) is 21.1. The van der Waals surface area contributed by atoms with Gasteiger partial charge in [-0.3, -0.25) is 19.2 Å². The summed E-state index contributed by atoms with van der Waals surface area (Å²) in [5, 5.41) is 0. The van der Waals surface area contributed by atoms with E-state index >= 15 is 0 Å². The lowest BCUT2D eigenvalue weighted by atomic mass is 9.97. The Balaban J connectivity index is 2.19. The van der Waals surface area contributed by atoms with Gasteiger partial charge in [-0.05, 0) is 144 Å². The number of hydrogen-bond donors (Lipinski definition) is 0. The molecule has 2 aromatic rings. The van der Waals surface area contributed by atoms with Crippen molar-refractivity contribution in [2.75, 3.05) is 0 Å². The minimum Gasteiger partial charge on any atom is -0.422 e. The van der Waals surface area contributed by atoms with Gasteiger partial charge in [0.15, 0.2) is 23.0 Å². The maximum atomic E-state index is 12.7. The second-order valence-electron chi connectivity index (χ2n) is 15.3. The average Bonchev–Trinajstić information content (AvgIpc) is 2.86. The minimum atomic E-state index is -0.734. The van der Waals surface area contributed by atoms with Crippen LogP contribution >= 0.6 is 0 Å². The molecule has 0 aliphatic carbocycles. The second kappa shape index (κ2) is 14.0. The summed E-state index contributed by atoms with van der Waals surface area (Å²) in [5.41, 5.74) is -1.05. The van der Waals surface area contributed by atoms with Crippen molar-refractivity contribution >= 4 is 23.9 Å². The summed E-state index contributed by atoms with van der Waals surface area (Å²) in [5.74, 6) is -0.872. The van der Waals surface area contributed by atoms with Crippen molar-refractivity contribution in [2.45, 2.75) is 109 Å². The number of carbonyl (C=O) groups is 4. The van der Waals surface area contributed by atoms with Crippen molar-refractivity contribution in [3.63, 3.8) is 0 Å². The summed E-state index contributed by atoms with van der Waals surface area (Å²) in [7, 11) is 0. The molecular weight excluding hydrogens is 560 g/mol. The first-order valence-electron chi connectivity index (χ1n) is 15.1. The van der Waals surface area contributed by atoms with Crippen LogP contribution in [0.4, 0.5) is 0 Å². The van der Waals surface area contributed by atoms with Gasteiger partial charge < -0.3 is 18.9 Å². The van der Waals surface area contributed by atoms with E-state index in [1.807, 2.05) is 12.1 Å². The van der Waals surface area contributed by atoms with E-state index in [2.05, 4.69) is 0 Å². The first kappa shape index (κ1) is 36.5. The van der Waals surface area contributed by atoms with Crippen molar-refractivity contribution in [1.29, 1.82) is 0 Å². The van der Waals surface area contributed by atoms with Gasteiger partial charge in [0.25, 0.3) is 0 Å². The fraction of sp³-hybridized carbons (Fsp3) is 0.556. The molecule has 0 saturated heterocycles. The first-order valence-corrected chi connectivity index (χ1v) is 15.1. The van der Waals surface area contributed by atoms with Crippen LogP contribution in [0.1, 0.15) is 107 Å².